The quantitative estimate of drug-likeness (QED) is 0.150. The van der Waals surface area contributed by atoms with Crippen LogP contribution >= 0.6 is 90.4 Å². The number of ether oxygens (including phenoxy) is 2. The fraction of sp³-hybridized carbons (Fsp3) is 0.385. The van der Waals surface area contributed by atoms with Crippen LogP contribution in [0.25, 0.3) is 0 Å². The first kappa shape index (κ1) is 26.8. The van der Waals surface area contributed by atoms with E-state index in [1.54, 1.807) is 45.2 Å². The Morgan fingerprint density at radius 3 is 1.79 bits per heavy atom. The third-order valence-corrected chi connectivity index (χ3v) is 11.1. The van der Waals surface area contributed by atoms with Crippen LogP contribution in [0.1, 0.15) is 27.6 Å². The SMILES string of the molecule is CCOC(=O)c1c(I)c(I)c(I)c(I)c1C(=O)OC(CS(=O)(=O)O)C(F)(F)F. The van der Waals surface area contributed by atoms with Gasteiger partial charge < -0.3 is 9.47 Å². The summed E-state index contributed by atoms with van der Waals surface area (Å²) in [5.41, 5.74) is -0.757. The molecular formula is C13H9F3I4O7S. The number of carbonyl (C=O) groups is 2. The molecule has 7 nitrogen and oxygen atoms in total. The van der Waals surface area contributed by atoms with Crippen molar-refractivity contribution in [1.82, 2.24) is 0 Å². The summed E-state index contributed by atoms with van der Waals surface area (Å²) in [7, 11) is -5.10. The largest absolute Gasteiger partial charge is 0.462 e. The van der Waals surface area contributed by atoms with Crippen LogP contribution in [-0.4, -0.2) is 49.5 Å². The molecule has 1 atom stereocenters. The zero-order chi connectivity index (χ0) is 22.0. The Labute approximate surface area is 212 Å². The summed E-state index contributed by atoms with van der Waals surface area (Å²) >= 11 is 7.18. The van der Waals surface area contributed by atoms with E-state index in [1.165, 1.54) is 6.92 Å². The molecule has 1 unspecified atom stereocenters. The first-order valence-electron chi connectivity index (χ1n) is 6.87. The van der Waals surface area contributed by atoms with Gasteiger partial charge in [0, 0.05) is 14.3 Å². The third-order valence-electron chi connectivity index (χ3n) is 2.93. The van der Waals surface area contributed by atoms with Gasteiger partial charge in [0.2, 0.25) is 6.10 Å². The summed E-state index contributed by atoms with van der Waals surface area (Å²) < 4.78 is 80.4. The molecule has 0 spiro atoms. The molecule has 0 aliphatic heterocycles. The van der Waals surface area contributed by atoms with Crippen molar-refractivity contribution in [2.24, 2.45) is 0 Å². The lowest BCUT2D eigenvalue weighted by Crippen LogP contribution is -2.40. The van der Waals surface area contributed by atoms with Crippen molar-refractivity contribution in [2.75, 3.05) is 12.4 Å². The molecule has 15 heteroatoms. The summed E-state index contributed by atoms with van der Waals surface area (Å²) in [5, 5.41) is 0. The number of benzene rings is 1. The second kappa shape index (κ2) is 10.4. The molecule has 0 saturated carbocycles. The van der Waals surface area contributed by atoms with E-state index in [9.17, 15) is 31.2 Å². The molecule has 158 valence electrons. The van der Waals surface area contributed by atoms with Gasteiger partial charge in [-0.1, -0.05) is 0 Å². The van der Waals surface area contributed by atoms with Crippen molar-refractivity contribution in [3.05, 3.63) is 25.4 Å². The van der Waals surface area contributed by atoms with E-state index in [2.05, 4.69) is 4.74 Å². The van der Waals surface area contributed by atoms with Crippen molar-refractivity contribution in [2.45, 2.75) is 19.2 Å². The van der Waals surface area contributed by atoms with E-state index in [-0.39, 0.29) is 19.3 Å². The van der Waals surface area contributed by atoms with Gasteiger partial charge in [-0.25, -0.2) is 9.59 Å². The fourth-order valence-corrected chi connectivity index (χ4v) is 6.06. The van der Waals surface area contributed by atoms with E-state index in [0.29, 0.717) is 7.14 Å². The molecule has 0 saturated heterocycles. The Bertz CT molecular complexity index is 903. The fourth-order valence-electron chi connectivity index (χ4n) is 1.79. The Kier molecular flexibility index (Phi) is 9.95. The number of halogens is 7. The highest BCUT2D eigenvalue weighted by Crippen LogP contribution is 2.35. The molecule has 0 aromatic heterocycles. The molecule has 0 heterocycles. The van der Waals surface area contributed by atoms with Gasteiger partial charge in [-0.15, -0.1) is 0 Å². The molecule has 1 rings (SSSR count). The Hall–Kier alpha value is 0.780. The maximum Gasteiger partial charge on any atom is 0.426 e. The lowest BCUT2D eigenvalue weighted by atomic mass is 10.1. The number of carbonyl (C=O) groups excluding carboxylic acids is 2. The highest BCUT2D eigenvalue weighted by atomic mass is 127. The number of alkyl halides is 3. The van der Waals surface area contributed by atoms with Crippen molar-refractivity contribution < 1.29 is 45.2 Å². The lowest BCUT2D eigenvalue weighted by molar-refractivity contribution is -0.197. The molecule has 1 aromatic carbocycles. The minimum Gasteiger partial charge on any atom is -0.462 e. The molecule has 1 aromatic rings. The topological polar surface area (TPSA) is 107 Å². The second-order valence-corrected chi connectivity index (χ2v) is 10.7. The maximum atomic E-state index is 13.1. The summed E-state index contributed by atoms with van der Waals surface area (Å²) in [6.07, 6.45) is -8.37. The number of rotatable bonds is 6. The normalized spacial score (nSPS) is 13.2. The van der Waals surface area contributed by atoms with Crippen LogP contribution in [0, 0.1) is 14.3 Å². The molecule has 0 aliphatic rings. The summed E-state index contributed by atoms with van der Waals surface area (Å²) in [6, 6.07) is 0. The van der Waals surface area contributed by atoms with Gasteiger partial charge in [0.25, 0.3) is 10.1 Å². The zero-order valence-corrected chi connectivity index (χ0v) is 22.9. The molecule has 0 bridgehead atoms. The summed E-state index contributed by atoms with van der Waals surface area (Å²) in [5.74, 6) is -4.37. The molecule has 0 aliphatic carbocycles. The summed E-state index contributed by atoms with van der Waals surface area (Å²) in [6.45, 7) is 1.47. The number of esters is 2. The Balaban J connectivity index is 3.56. The van der Waals surface area contributed by atoms with Gasteiger partial charge in [0.05, 0.1) is 17.7 Å². The monoisotopic (exact) mass is 874 g/mol. The third kappa shape index (κ3) is 6.90. The number of hydrogen-bond acceptors (Lipinski definition) is 6. The van der Waals surface area contributed by atoms with Gasteiger partial charge in [-0.3, -0.25) is 4.55 Å². The Morgan fingerprint density at radius 2 is 1.43 bits per heavy atom. The van der Waals surface area contributed by atoms with E-state index in [0.717, 1.165) is 0 Å². The van der Waals surface area contributed by atoms with E-state index in [4.69, 9.17) is 9.29 Å². The minimum atomic E-state index is -5.26. The van der Waals surface area contributed by atoms with Crippen molar-refractivity contribution in [3.8, 4) is 0 Å². The van der Waals surface area contributed by atoms with Crippen LogP contribution in [-0.2, 0) is 19.6 Å². The van der Waals surface area contributed by atoms with Crippen molar-refractivity contribution >= 4 is 112 Å². The van der Waals surface area contributed by atoms with E-state index < -0.39 is 45.7 Å². The first-order chi connectivity index (χ1) is 12.6. The molecule has 1 N–H and O–H groups in total. The average Bonchev–Trinajstić information content (AvgIpc) is 2.53. The minimum absolute atomic E-state index is 0.0452. The highest BCUT2D eigenvalue weighted by Gasteiger charge is 2.46. The maximum absolute atomic E-state index is 13.1. The molecular weight excluding hydrogens is 865 g/mol. The molecule has 0 amide bonds. The Morgan fingerprint density at radius 1 is 1.00 bits per heavy atom. The second-order valence-electron chi connectivity index (χ2n) is 4.91. The molecule has 0 radical (unpaired) electrons. The lowest BCUT2D eigenvalue weighted by Gasteiger charge is -2.21. The van der Waals surface area contributed by atoms with Gasteiger partial charge in [0.1, 0.15) is 5.75 Å². The van der Waals surface area contributed by atoms with Gasteiger partial charge in [0.15, 0.2) is 0 Å². The zero-order valence-electron chi connectivity index (χ0n) is 13.4. The van der Waals surface area contributed by atoms with Crippen molar-refractivity contribution in [3.63, 3.8) is 0 Å². The van der Waals surface area contributed by atoms with Crippen LogP contribution in [0.2, 0.25) is 0 Å². The number of hydrogen-bond donors (Lipinski definition) is 1. The highest BCUT2D eigenvalue weighted by molar-refractivity contribution is 14.1. The van der Waals surface area contributed by atoms with Gasteiger partial charge >= 0.3 is 18.1 Å². The summed E-state index contributed by atoms with van der Waals surface area (Å²) in [4.78, 5) is 24.8. The van der Waals surface area contributed by atoms with Crippen molar-refractivity contribution in [1.29, 1.82) is 0 Å². The van der Waals surface area contributed by atoms with Crippen LogP contribution in [0.15, 0.2) is 0 Å². The van der Waals surface area contributed by atoms with E-state index in [1.807, 2.05) is 45.2 Å². The predicted molar refractivity (Wildman–Crippen MR) is 125 cm³/mol. The van der Waals surface area contributed by atoms with Gasteiger partial charge in [-0.05, 0) is 97.3 Å². The standard InChI is InChI=1S/C13H9F3I4O7S/c1-2-26-11(21)5-6(8(18)10(20)9(19)7(5)17)12(22)27-4(13(14,15)16)3-28(23,24)25/h4H,2-3H2,1H3,(H,23,24,25). The molecule has 0 fully saturated rings. The first-order valence-corrected chi connectivity index (χ1v) is 12.8. The smallest absolute Gasteiger partial charge is 0.426 e. The van der Waals surface area contributed by atoms with Crippen LogP contribution in [0.3, 0.4) is 0 Å². The average molecular weight is 874 g/mol. The van der Waals surface area contributed by atoms with Crippen LogP contribution < -0.4 is 0 Å². The predicted octanol–water partition coefficient (Wildman–Crippen LogP) is 4.26. The van der Waals surface area contributed by atoms with Crippen LogP contribution in [0.4, 0.5) is 13.2 Å². The van der Waals surface area contributed by atoms with Gasteiger partial charge in [-0.2, -0.15) is 21.6 Å². The van der Waals surface area contributed by atoms with E-state index >= 15 is 0 Å². The van der Waals surface area contributed by atoms with Crippen LogP contribution in [0.5, 0.6) is 0 Å². The molecule has 28 heavy (non-hydrogen) atoms.